The maximum Gasteiger partial charge on any atom is 0.586 e. The summed E-state index contributed by atoms with van der Waals surface area (Å²) in [5.41, 5.74) is 0.745. The van der Waals surface area contributed by atoms with E-state index in [1.807, 2.05) is 0 Å². The number of aliphatic hydroxyl groups excluding tert-OH is 1. The van der Waals surface area contributed by atoms with Gasteiger partial charge < -0.3 is 19.9 Å². The van der Waals surface area contributed by atoms with Crippen LogP contribution in [0.2, 0.25) is 0 Å². The summed E-state index contributed by atoms with van der Waals surface area (Å²) in [6.07, 6.45) is -3.61. The molecular weight excluding hydrogens is 270 g/mol. The minimum Gasteiger partial charge on any atom is -0.395 e. The molecule has 0 unspecified atom stereocenters. The van der Waals surface area contributed by atoms with Crippen molar-refractivity contribution in [1.29, 1.82) is 0 Å². The lowest BCUT2D eigenvalue weighted by atomic mass is 10.0. The average molecular weight is 286 g/mol. The number of benzene rings is 1. The van der Waals surface area contributed by atoms with Gasteiger partial charge in [-0.15, -0.1) is 8.78 Å². The van der Waals surface area contributed by atoms with Crippen molar-refractivity contribution in [2.75, 3.05) is 32.8 Å². The minimum atomic E-state index is -3.61. The van der Waals surface area contributed by atoms with E-state index >= 15 is 0 Å². The zero-order chi connectivity index (χ0) is 14.2. The quantitative estimate of drug-likeness (QED) is 0.866. The number of piperazine rings is 1. The highest BCUT2D eigenvalue weighted by molar-refractivity contribution is 5.46. The number of alkyl halides is 2. The molecular formula is C13H16F2N2O3. The van der Waals surface area contributed by atoms with Crippen LogP contribution in [-0.4, -0.2) is 49.1 Å². The molecule has 1 saturated heterocycles. The molecule has 2 aliphatic rings. The molecule has 1 fully saturated rings. The molecule has 0 aromatic heterocycles. The van der Waals surface area contributed by atoms with Gasteiger partial charge in [0.2, 0.25) is 0 Å². The molecule has 0 saturated carbocycles. The topological polar surface area (TPSA) is 54.0 Å². The number of nitrogens with one attached hydrogen (secondary N) is 1. The summed E-state index contributed by atoms with van der Waals surface area (Å²) in [5.74, 6) is 0.0387. The average Bonchev–Trinajstić information content (AvgIpc) is 2.74. The van der Waals surface area contributed by atoms with E-state index in [9.17, 15) is 13.9 Å². The van der Waals surface area contributed by atoms with E-state index < -0.39 is 6.29 Å². The monoisotopic (exact) mass is 286 g/mol. The van der Waals surface area contributed by atoms with Crippen LogP contribution in [0.1, 0.15) is 11.6 Å². The molecule has 0 radical (unpaired) electrons. The van der Waals surface area contributed by atoms with E-state index in [0.717, 1.165) is 31.7 Å². The summed E-state index contributed by atoms with van der Waals surface area (Å²) in [6.45, 7) is 3.22. The first kappa shape index (κ1) is 13.5. The molecule has 110 valence electrons. The maximum absolute atomic E-state index is 13.0. The van der Waals surface area contributed by atoms with Crippen LogP contribution in [0.25, 0.3) is 0 Å². The number of ether oxygens (including phenoxy) is 2. The number of aliphatic hydroxyl groups is 1. The summed E-state index contributed by atoms with van der Waals surface area (Å²) in [6, 6.07) is 4.43. The van der Waals surface area contributed by atoms with Gasteiger partial charge >= 0.3 is 6.29 Å². The van der Waals surface area contributed by atoms with Gasteiger partial charge in [-0.2, -0.15) is 0 Å². The van der Waals surface area contributed by atoms with Gasteiger partial charge in [0.25, 0.3) is 0 Å². The van der Waals surface area contributed by atoms with E-state index in [4.69, 9.17) is 0 Å². The van der Waals surface area contributed by atoms with Crippen molar-refractivity contribution in [2.45, 2.75) is 12.3 Å². The van der Waals surface area contributed by atoms with Gasteiger partial charge in [-0.3, -0.25) is 4.90 Å². The Bertz CT molecular complexity index is 493. The predicted molar refractivity (Wildman–Crippen MR) is 66.9 cm³/mol. The van der Waals surface area contributed by atoms with Gasteiger partial charge in [-0.05, 0) is 17.7 Å². The fourth-order valence-corrected chi connectivity index (χ4v) is 2.60. The molecule has 0 spiro atoms. The highest BCUT2D eigenvalue weighted by Crippen LogP contribution is 2.42. The minimum absolute atomic E-state index is 0.0149. The molecule has 7 heteroatoms. The fourth-order valence-electron chi connectivity index (χ4n) is 2.60. The van der Waals surface area contributed by atoms with Crippen LogP contribution in [0.15, 0.2) is 18.2 Å². The van der Waals surface area contributed by atoms with Crippen molar-refractivity contribution >= 4 is 0 Å². The van der Waals surface area contributed by atoms with E-state index in [1.165, 1.54) is 12.1 Å². The van der Waals surface area contributed by atoms with Crippen LogP contribution in [0.3, 0.4) is 0 Å². The first-order valence-electron chi connectivity index (χ1n) is 6.54. The highest BCUT2D eigenvalue weighted by atomic mass is 19.3. The zero-order valence-electron chi connectivity index (χ0n) is 10.8. The fraction of sp³-hybridized carbons (Fsp3) is 0.538. The molecule has 5 nitrogen and oxygen atoms in total. The molecule has 0 bridgehead atoms. The Hall–Kier alpha value is -1.44. The van der Waals surface area contributed by atoms with Crippen LogP contribution < -0.4 is 14.8 Å². The van der Waals surface area contributed by atoms with Gasteiger partial charge in [0.05, 0.1) is 12.6 Å². The number of halogens is 2. The summed E-state index contributed by atoms with van der Waals surface area (Å²) in [4.78, 5) is 2.12. The number of fused-ring (bicyclic) bond motifs is 1. The van der Waals surface area contributed by atoms with E-state index in [2.05, 4.69) is 19.7 Å². The Morgan fingerprint density at radius 1 is 1.25 bits per heavy atom. The third kappa shape index (κ3) is 2.56. The largest absolute Gasteiger partial charge is 0.586 e. The van der Waals surface area contributed by atoms with Gasteiger partial charge in [0.1, 0.15) is 0 Å². The van der Waals surface area contributed by atoms with Crippen molar-refractivity contribution in [2.24, 2.45) is 0 Å². The molecule has 1 atom stereocenters. The first-order valence-corrected chi connectivity index (χ1v) is 6.54. The van der Waals surface area contributed by atoms with Crippen molar-refractivity contribution in [3.63, 3.8) is 0 Å². The molecule has 20 heavy (non-hydrogen) atoms. The van der Waals surface area contributed by atoms with Crippen LogP contribution in [0.5, 0.6) is 11.5 Å². The van der Waals surface area contributed by atoms with Crippen LogP contribution in [0, 0.1) is 0 Å². The lowest BCUT2D eigenvalue weighted by Gasteiger charge is -2.34. The second-order valence-corrected chi connectivity index (χ2v) is 4.86. The van der Waals surface area contributed by atoms with E-state index in [1.54, 1.807) is 6.07 Å². The highest BCUT2D eigenvalue weighted by Gasteiger charge is 2.43. The summed E-state index contributed by atoms with van der Waals surface area (Å²) >= 11 is 0. The SMILES string of the molecule is OC[C@H](c1ccc2c(c1)OC(F)(F)O2)N1CCNCC1. The third-order valence-corrected chi connectivity index (χ3v) is 3.58. The Labute approximate surface area is 115 Å². The van der Waals surface area contributed by atoms with Gasteiger partial charge in [-0.1, -0.05) is 6.07 Å². The molecule has 0 amide bonds. The second-order valence-electron chi connectivity index (χ2n) is 4.86. The molecule has 3 rings (SSSR count). The second kappa shape index (κ2) is 5.16. The number of hydrogen-bond donors (Lipinski definition) is 2. The molecule has 1 aromatic rings. The van der Waals surface area contributed by atoms with E-state index in [0.29, 0.717) is 0 Å². The summed E-state index contributed by atoms with van der Waals surface area (Å²) < 4.78 is 34.8. The van der Waals surface area contributed by atoms with Gasteiger partial charge in [0, 0.05) is 26.2 Å². The Morgan fingerprint density at radius 3 is 2.65 bits per heavy atom. The van der Waals surface area contributed by atoms with Crippen molar-refractivity contribution in [1.82, 2.24) is 10.2 Å². The normalized spacial score (nSPS) is 22.8. The predicted octanol–water partition coefficient (Wildman–Crippen LogP) is 0.947. The Morgan fingerprint density at radius 2 is 1.95 bits per heavy atom. The lowest BCUT2D eigenvalue weighted by Crippen LogP contribution is -2.46. The Balaban J connectivity index is 1.83. The molecule has 2 heterocycles. The zero-order valence-corrected chi connectivity index (χ0v) is 10.8. The molecule has 2 N–H and O–H groups in total. The lowest BCUT2D eigenvalue weighted by molar-refractivity contribution is -0.286. The van der Waals surface area contributed by atoms with Crippen LogP contribution >= 0.6 is 0 Å². The van der Waals surface area contributed by atoms with Crippen molar-refractivity contribution in [3.8, 4) is 11.5 Å². The molecule has 0 aliphatic carbocycles. The van der Waals surface area contributed by atoms with Crippen molar-refractivity contribution < 1.29 is 23.4 Å². The molecule has 2 aliphatic heterocycles. The maximum atomic E-state index is 13.0. The van der Waals surface area contributed by atoms with Crippen molar-refractivity contribution in [3.05, 3.63) is 23.8 Å². The standard InChI is InChI=1S/C13H16F2N2O3/c14-13(15)19-11-2-1-9(7-12(11)20-13)10(8-18)17-5-3-16-4-6-17/h1-2,7,10,16,18H,3-6,8H2/t10-/m1/s1. The number of rotatable bonds is 3. The summed E-state index contributed by atoms with van der Waals surface area (Å²) in [5, 5.41) is 12.8. The van der Waals surface area contributed by atoms with Gasteiger partial charge in [-0.25, -0.2) is 0 Å². The summed E-state index contributed by atoms with van der Waals surface area (Å²) in [7, 11) is 0. The van der Waals surface area contributed by atoms with Crippen LogP contribution in [0.4, 0.5) is 8.78 Å². The third-order valence-electron chi connectivity index (χ3n) is 3.58. The van der Waals surface area contributed by atoms with Gasteiger partial charge in [0.15, 0.2) is 11.5 Å². The van der Waals surface area contributed by atoms with Crippen LogP contribution in [-0.2, 0) is 0 Å². The first-order chi connectivity index (χ1) is 9.59. The molecule has 1 aromatic carbocycles. The Kier molecular flexibility index (Phi) is 3.49. The number of hydrogen-bond acceptors (Lipinski definition) is 5. The number of nitrogens with zero attached hydrogens (tertiary/aromatic N) is 1. The smallest absolute Gasteiger partial charge is 0.395 e. The van der Waals surface area contributed by atoms with E-state index in [-0.39, 0.29) is 24.1 Å².